The molecule has 0 radical (unpaired) electrons. The molecule has 0 bridgehead atoms. The molecule has 104 valence electrons. The van der Waals surface area contributed by atoms with Crippen LogP contribution in [0.25, 0.3) is 0 Å². The van der Waals surface area contributed by atoms with Gasteiger partial charge in [-0.1, -0.05) is 19.9 Å². The Labute approximate surface area is 113 Å². The molecule has 1 unspecified atom stereocenters. The molecular formula is C14H20N2O3. The quantitative estimate of drug-likeness (QED) is 0.812. The number of ether oxygens (including phenoxy) is 2. The first kappa shape index (κ1) is 13.7. The van der Waals surface area contributed by atoms with E-state index in [1.54, 1.807) is 0 Å². The Morgan fingerprint density at radius 3 is 2.95 bits per heavy atom. The summed E-state index contributed by atoms with van der Waals surface area (Å²) in [6.45, 7) is 6.29. The lowest BCUT2D eigenvalue weighted by atomic mass is 10.1. The van der Waals surface area contributed by atoms with Crippen LogP contribution < -0.4 is 20.1 Å². The molecule has 0 saturated carbocycles. The second-order valence-electron chi connectivity index (χ2n) is 4.61. The second-order valence-corrected chi connectivity index (χ2v) is 4.61. The minimum absolute atomic E-state index is 0.0334. The van der Waals surface area contributed by atoms with E-state index in [0.29, 0.717) is 13.1 Å². The summed E-state index contributed by atoms with van der Waals surface area (Å²) in [5.74, 6) is 1.52. The van der Waals surface area contributed by atoms with E-state index in [1.807, 2.05) is 32.0 Å². The third-order valence-electron chi connectivity index (χ3n) is 3.05. The van der Waals surface area contributed by atoms with E-state index >= 15 is 0 Å². The van der Waals surface area contributed by atoms with E-state index in [9.17, 15) is 4.79 Å². The number of nitrogens with one attached hydrogen (secondary N) is 2. The van der Waals surface area contributed by atoms with Crippen molar-refractivity contribution in [1.29, 1.82) is 0 Å². The second kappa shape index (κ2) is 6.43. The molecular weight excluding hydrogens is 244 g/mol. The fraction of sp³-hybridized carbons (Fsp3) is 0.500. The Bertz CT molecular complexity index is 448. The third kappa shape index (κ3) is 3.61. The highest BCUT2D eigenvalue weighted by molar-refractivity contribution is 5.78. The molecule has 5 heteroatoms. The van der Waals surface area contributed by atoms with Crippen molar-refractivity contribution in [3.8, 4) is 11.5 Å². The smallest absolute Gasteiger partial charge is 0.231 e. The van der Waals surface area contributed by atoms with Gasteiger partial charge in [-0.05, 0) is 24.2 Å². The van der Waals surface area contributed by atoms with Crippen molar-refractivity contribution in [2.24, 2.45) is 5.92 Å². The van der Waals surface area contributed by atoms with Crippen LogP contribution >= 0.6 is 0 Å². The standard InChI is InChI=1S/C14H20N2O3/c1-3-15-7-10(2)14(17)16-8-11-4-5-12-13(6-11)19-9-18-12/h4-6,10,15H,3,7-9H2,1-2H3,(H,16,17). The topological polar surface area (TPSA) is 59.6 Å². The molecule has 0 fully saturated rings. The predicted octanol–water partition coefficient (Wildman–Crippen LogP) is 1.28. The van der Waals surface area contributed by atoms with Crippen LogP contribution in [0.3, 0.4) is 0 Å². The maximum Gasteiger partial charge on any atom is 0.231 e. The molecule has 19 heavy (non-hydrogen) atoms. The summed E-state index contributed by atoms with van der Waals surface area (Å²) in [5.41, 5.74) is 1.01. The van der Waals surface area contributed by atoms with Gasteiger partial charge in [-0.25, -0.2) is 0 Å². The van der Waals surface area contributed by atoms with Gasteiger partial charge in [0.15, 0.2) is 11.5 Å². The van der Waals surface area contributed by atoms with Gasteiger partial charge in [0.25, 0.3) is 0 Å². The molecule has 1 aliphatic heterocycles. The Balaban J connectivity index is 1.83. The molecule has 0 aromatic heterocycles. The average molecular weight is 264 g/mol. The van der Waals surface area contributed by atoms with Gasteiger partial charge in [0.1, 0.15) is 0 Å². The van der Waals surface area contributed by atoms with Gasteiger partial charge in [-0.2, -0.15) is 0 Å². The van der Waals surface area contributed by atoms with E-state index in [1.165, 1.54) is 0 Å². The van der Waals surface area contributed by atoms with Crippen molar-refractivity contribution in [3.63, 3.8) is 0 Å². The number of hydrogen-bond donors (Lipinski definition) is 2. The zero-order chi connectivity index (χ0) is 13.7. The normalized spacial score (nSPS) is 14.2. The maximum absolute atomic E-state index is 11.8. The van der Waals surface area contributed by atoms with Crippen molar-refractivity contribution >= 4 is 5.91 Å². The summed E-state index contributed by atoms with van der Waals surface area (Å²) >= 11 is 0. The van der Waals surface area contributed by atoms with Crippen LogP contribution in [0.4, 0.5) is 0 Å². The number of carbonyl (C=O) groups excluding carboxylic acids is 1. The van der Waals surface area contributed by atoms with Gasteiger partial charge in [0, 0.05) is 19.0 Å². The number of benzene rings is 1. The number of amides is 1. The highest BCUT2D eigenvalue weighted by atomic mass is 16.7. The van der Waals surface area contributed by atoms with E-state index < -0.39 is 0 Å². The van der Waals surface area contributed by atoms with Crippen LogP contribution in [-0.4, -0.2) is 25.8 Å². The van der Waals surface area contributed by atoms with Crippen LogP contribution in [0.5, 0.6) is 11.5 Å². The molecule has 0 spiro atoms. The van der Waals surface area contributed by atoms with E-state index in [2.05, 4.69) is 10.6 Å². The molecule has 1 amide bonds. The highest BCUT2D eigenvalue weighted by Crippen LogP contribution is 2.32. The monoisotopic (exact) mass is 264 g/mol. The number of fused-ring (bicyclic) bond motifs is 1. The zero-order valence-corrected chi connectivity index (χ0v) is 11.4. The highest BCUT2D eigenvalue weighted by Gasteiger charge is 2.15. The molecule has 5 nitrogen and oxygen atoms in total. The minimum Gasteiger partial charge on any atom is -0.454 e. The summed E-state index contributed by atoms with van der Waals surface area (Å²) in [6, 6.07) is 5.70. The zero-order valence-electron chi connectivity index (χ0n) is 11.4. The molecule has 2 N–H and O–H groups in total. The van der Waals surface area contributed by atoms with Crippen molar-refractivity contribution < 1.29 is 14.3 Å². The first-order chi connectivity index (χ1) is 9.20. The van der Waals surface area contributed by atoms with Gasteiger partial charge >= 0.3 is 0 Å². The summed E-state index contributed by atoms with van der Waals surface area (Å²) < 4.78 is 10.5. The number of hydrogen-bond acceptors (Lipinski definition) is 4. The van der Waals surface area contributed by atoms with Crippen molar-refractivity contribution in [1.82, 2.24) is 10.6 Å². The Hall–Kier alpha value is -1.75. The fourth-order valence-corrected chi connectivity index (χ4v) is 1.87. The molecule has 0 saturated heterocycles. The number of carbonyl (C=O) groups is 1. The van der Waals surface area contributed by atoms with Crippen molar-refractivity contribution in [2.75, 3.05) is 19.9 Å². The van der Waals surface area contributed by atoms with Crippen LogP contribution in [0.1, 0.15) is 19.4 Å². The van der Waals surface area contributed by atoms with Gasteiger partial charge < -0.3 is 20.1 Å². The third-order valence-corrected chi connectivity index (χ3v) is 3.05. The Morgan fingerprint density at radius 2 is 2.16 bits per heavy atom. The summed E-state index contributed by atoms with van der Waals surface area (Å²) in [5, 5.41) is 6.09. The van der Waals surface area contributed by atoms with E-state index in [0.717, 1.165) is 23.6 Å². The summed E-state index contributed by atoms with van der Waals surface area (Å²) in [6.07, 6.45) is 0. The fourth-order valence-electron chi connectivity index (χ4n) is 1.87. The lowest BCUT2D eigenvalue weighted by Gasteiger charge is -2.12. The SMILES string of the molecule is CCNCC(C)C(=O)NCc1ccc2c(c1)OCO2. The van der Waals surface area contributed by atoms with Crippen LogP contribution in [0, 0.1) is 5.92 Å². The molecule has 1 heterocycles. The lowest BCUT2D eigenvalue weighted by molar-refractivity contribution is -0.124. The Morgan fingerprint density at radius 1 is 1.37 bits per heavy atom. The Kier molecular flexibility index (Phi) is 4.63. The molecule has 1 aromatic carbocycles. The van der Waals surface area contributed by atoms with Crippen molar-refractivity contribution in [2.45, 2.75) is 20.4 Å². The summed E-state index contributed by atoms with van der Waals surface area (Å²) in [7, 11) is 0. The first-order valence-electron chi connectivity index (χ1n) is 6.57. The van der Waals surface area contributed by atoms with Crippen LogP contribution in [-0.2, 0) is 11.3 Å². The minimum atomic E-state index is -0.0334. The molecule has 2 rings (SSSR count). The predicted molar refractivity (Wildman–Crippen MR) is 72.1 cm³/mol. The van der Waals surface area contributed by atoms with Gasteiger partial charge in [-0.15, -0.1) is 0 Å². The largest absolute Gasteiger partial charge is 0.454 e. The maximum atomic E-state index is 11.8. The van der Waals surface area contributed by atoms with Crippen LogP contribution in [0.15, 0.2) is 18.2 Å². The molecule has 1 aliphatic rings. The van der Waals surface area contributed by atoms with Crippen LogP contribution in [0.2, 0.25) is 0 Å². The summed E-state index contributed by atoms with van der Waals surface area (Å²) in [4.78, 5) is 11.8. The van der Waals surface area contributed by atoms with Gasteiger partial charge in [0.05, 0.1) is 0 Å². The lowest BCUT2D eigenvalue weighted by Crippen LogP contribution is -2.34. The molecule has 1 aromatic rings. The van der Waals surface area contributed by atoms with Crippen molar-refractivity contribution in [3.05, 3.63) is 23.8 Å². The molecule has 0 aliphatic carbocycles. The first-order valence-corrected chi connectivity index (χ1v) is 6.57. The molecule has 1 atom stereocenters. The van der Waals surface area contributed by atoms with Gasteiger partial charge in [0.2, 0.25) is 12.7 Å². The van der Waals surface area contributed by atoms with E-state index in [4.69, 9.17) is 9.47 Å². The van der Waals surface area contributed by atoms with Gasteiger partial charge in [-0.3, -0.25) is 4.79 Å². The average Bonchev–Trinajstić information content (AvgIpc) is 2.89. The number of rotatable bonds is 6. The van der Waals surface area contributed by atoms with E-state index in [-0.39, 0.29) is 18.6 Å².